The molecule has 0 saturated carbocycles. The van der Waals surface area contributed by atoms with Gasteiger partial charge in [-0.05, 0) is 50.5 Å². The molecule has 2 heteroatoms. The van der Waals surface area contributed by atoms with Gasteiger partial charge in [-0.1, -0.05) is 57.9 Å². The van der Waals surface area contributed by atoms with Crippen LogP contribution in [-0.4, -0.2) is 31.6 Å². The number of rotatable bonds is 11. The molecule has 0 aromatic heterocycles. The number of hydrogen-bond donors (Lipinski definition) is 1. The van der Waals surface area contributed by atoms with E-state index in [0.717, 1.165) is 19.5 Å². The molecule has 1 atom stereocenters. The predicted molar refractivity (Wildman–Crippen MR) is 93.9 cm³/mol. The van der Waals surface area contributed by atoms with Gasteiger partial charge in [-0.15, -0.1) is 0 Å². The van der Waals surface area contributed by atoms with Gasteiger partial charge in [-0.25, -0.2) is 0 Å². The van der Waals surface area contributed by atoms with Gasteiger partial charge in [0.1, 0.15) is 0 Å². The SMILES string of the molecule is CCCCCN(C)CC(NCCC)c1ccc(CC)cc1. The van der Waals surface area contributed by atoms with Gasteiger partial charge in [0.15, 0.2) is 0 Å². The quantitative estimate of drug-likeness (QED) is 0.607. The lowest BCUT2D eigenvalue weighted by Crippen LogP contribution is -2.34. The highest BCUT2D eigenvalue weighted by Gasteiger charge is 2.13. The maximum atomic E-state index is 3.70. The molecule has 0 aliphatic rings. The van der Waals surface area contributed by atoms with E-state index in [1.165, 1.54) is 43.4 Å². The molecule has 1 unspecified atom stereocenters. The van der Waals surface area contributed by atoms with E-state index in [4.69, 9.17) is 0 Å². The van der Waals surface area contributed by atoms with E-state index in [0.29, 0.717) is 6.04 Å². The number of unbranched alkanes of at least 4 members (excludes halogenated alkanes) is 2. The molecule has 0 saturated heterocycles. The van der Waals surface area contributed by atoms with Crippen LogP contribution in [0.5, 0.6) is 0 Å². The summed E-state index contributed by atoms with van der Waals surface area (Å²) in [7, 11) is 2.25. The summed E-state index contributed by atoms with van der Waals surface area (Å²) in [6.07, 6.45) is 6.24. The third-order valence-corrected chi connectivity index (χ3v) is 4.07. The highest BCUT2D eigenvalue weighted by atomic mass is 15.1. The number of likely N-dealkylation sites (N-methyl/N-ethyl adjacent to an activating group) is 1. The van der Waals surface area contributed by atoms with Crippen LogP contribution < -0.4 is 5.32 Å². The number of hydrogen-bond acceptors (Lipinski definition) is 2. The number of benzene rings is 1. The molecule has 1 aromatic carbocycles. The predicted octanol–water partition coefficient (Wildman–Crippen LogP) is 4.41. The Morgan fingerprint density at radius 3 is 2.29 bits per heavy atom. The Bertz CT molecular complexity index is 358. The molecular formula is C19H34N2. The minimum atomic E-state index is 0.447. The van der Waals surface area contributed by atoms with Gasteiger partial charge in [0.25, 0.3) is 0 Å². The van der Waals surface area contributed by atoms with Crippen molar-refractivity contribution in [2.24, 2.45) is 0 Å². The lowest BCUT2D eigenvalue weighted by atomic mass is 10.0. The zero-order chi connectivity index (χ0) is 15.5. The van der Waals surface area contributed by atoms with Crippen LogP contribution >= 0.6 is 0 Å². The fourth-order valence-electron chi connectivity index (χ4n) is 2.63. The summed E-state index contributed by atoms with van der Waals surface area (Å²) in [5.74, 6) is 0. The second kappa shape index (κ2) is 10.8. The lowest BCUT2D eigenvalue weighted by Gasteiger charge is -2.25. The van der Waals surface area contributed by atoms with Gasteiger partial charge in [-0.2, -0.15) is 0 Å². The van der Waals surface area contributed by atoms with Gasteiger partial charge < -0.3 is 10.2 Å². The number of aryl methyl sites for hydroxylation is 1. The fraction of sp³-hybridized carbons (Fsp3) is 0.684. The van der Waals surface area contributed by atoms with Crippen LogP contribution in [0.15, 0.2) is 24.3 Å². The minimum Gasteiger partial charge on any atom is -0.309 e. The second-order valence-corrected chi connectivity index (χ2v) is 6.07. The lowest BCUT2D eigenvalue weighted by molar-refractivity contribution is 0.284. The van der Waals surface area contributed by atoms with Crippen molar-refractivity contribution in [3.8, 4) is 0 Å². The summed E-state index contributed by atoms with van der Waals surface area (Å²) < 4.78 is 0. The molecule has 2 nitrogen and oxygen atoms in total. The van der Waals surface area contributed by atoms with Gasteiger partial charge in [0.2, 0.25) is 0 Å². The van der Waals surface area contributed by atoms with E-state index < -0.39 is 0 Å². The maximum absolute atomic E-state index is 3.70. The van der Waals surface area contributed by atoms with Crippen LogP contribution in [0, 0.1) is 0 Å². The Morgan fingerprint density at radius 2 is 1.71 bits per heavy atom. The van der Waals surface area contributed by atoms with Crippen molar-refractivity contribution in [2.75, 3.05) is 26.7 Å². The summed E-state index contributed by atoms with van der Waals surface area (Å²) in [5.41, 5.74) is 2.84. The van der Waals surface area contributed by atoms with Crippen molar-refractivity contribution in [1.82, 2.24) is 10.2 Å². The summed E-state index contributed by atoms with van der Waals surface area (Å²) >= 11 is 0. The zero-order valence-corrected chi connectivity index (χ0v) is 14.5. The monoisotopic (exact) mass is 290 g/mol. The van der Waals surface area contributed by atoms with Crippen molar-refractivity contribution in [1.29, 1.82) is 0 Å². The second-order valence-electron chi connectivity index (χ2n) is 6.07. The first-order chi connectivity index (χ1) is 10.2. The Labute approximate surface area is 131 Å². The Kier molecular flexibility index (Phi) is 9.36. The van der Waals surface area contributed by atoms with E-state index in [-0.39, 0.29) is 0 Å². The number of nitrogens with one attached hydrogen (secondary N) is 1. The van der Waals surface area contributed by atoms with Crippen LogP contribution in [-0.2, 0) is 6.42 Å². The van der Waals surface area contributed by atoms with E-state index in [2.05, 4.69) is 62.3 Å². The third kappa shape index (κ3) is 7.10. The van der Waals surface area contributed by atoms with Crippen LogP contribution in [0.2, 0.25) is 0 Å². The Balaban J connectivity index is 2.60. The first-order valence-electron chi connectivity index (χ1n) is 8.72. The average molecular weight is 290 g/mol. The molecule has 0 fully saturated rings. The standard InChI is InChI=1S/C19H34N2/c1-5-8-9-15-21(4)16-19(20-14-6-2)18-12-10-17(7-3)11-13-18/h10-13,19-20H,5-9,14-16H2,1-4H3. The van der Waals surface area contributed by atoms with Crippen molar-refractivity contribution >= 4 is 0 Å². The average Bonchev–Trinajstić information content (AvgIpc) is 2.52. The largest absolute Gasteiger partial charge is 0.309 e. The Morgan fingerprint density at radius 1 is 1.00 bits per heavy atom. The van der Waals surface area contributed by atoms with Gasteiger partial charge in [0.05, 0.1) is 0 Å². The summed E-state index contributed by atoms with van der Waals surface area (Å²) in [4.78, 5) is 2.47. The zero-order valence-electron chi connectivity index (χ0n) is 14.5. The molecule has 0 amide bonds. The summed E-state index contributed by atoms with van der Waals surface area (Å²) in [5, 5.41) is 3.70. The molecule has 1 rings (SSSR count). The van der Waals surface area contributed by atoms with Gasteiger partial charge in [-0.3, -0.25) is 0 Å². The van der Waals surface area contributed by atoms with E-state index >= 15 is 0 Å². The molecule has 0 spiro atoms. The van der Waals surface area contributed by atoms with Gasteiger partial charge in [0, 0.05) is 12.6 Å². The van der Waals surface area contributed by atoms with Crippen LogP contribution in [0.4, 0.5) is 0 Å². The highest BCUT2D eigenvalue weighted by Crippen LogP contribution is 2.16. The molecule has 0 bridgehead atoms. The van der Waals surface area contributed by atoms with Gasteiger partial charge >= 0.3 is 0 Å². The number of nitrogens with zero attached hydrogens (tertiary/aromatic N) is 1. The molecular weight excluding hydrogens is 256 g/mol. The van der Waals surface area contributed by atoms with Crippen molar-refractivity contribution in [3.05, 3.63) is 35.4 Å². The van der Waals surface area contributed by atoms with Crippen LogP contribution in [0.25, 0.3) is 0 Å². The highest BCUT2D eigenvalue weighted by molar-refractivity contribution is 5.25. The normalized spacial score (nSPS) is 12.8. The molecule has 120 valence electrons. The molecule has 0 radical (unpaired) electrons. The van der Waals surface area contributed by atoms with E-state index in [1.807, 2.05) is 0 Å². The molecule has 0 aliphatic heterocycles. The van der Waals surface area contributed by atoms with Crippen LogP contribution in [0.3, 0.4) is 0 Å². The smallest absolute Gasteiger partial charge is 0.0449 e. The fourth-order valence-corrected chi connectivity index (χ4v) is 2.63. The molecule has 1 N–H and O–H groups in total. The first kappa shape index (κ1) is 18.2. The Hall–Kier alpha value is -0.860. The molecule has 0 heterocycles. The van der Waals surface area contributed by atoms with E-state index in [9.17, 15) is 0 Å². The van der Waals surface area contributed by atoms with Crippen molar-refractivity contribution in [3.63, 3.8) is 0 Å². The minimum absolute atomic E-state index is 0.447. The topological polar surface area (TPSA) is 15.3 Å². The summed E-state index contributed by atoms with van der Waals surface area (Å²) in [6.45, 7) is 10.1. The summed E-state index contributed by atoms with van der Waals surface area (Å²) in [6, 6.07) is 9.58. The molecule has 1 aromatic rings. The van der Waals surface area contributed by atoms with Crippen molar-refractivity contribution in [2.45, 2.75) is 58.9 Å². The van der Waals surface area contributed by atoms with E-state index in [1.54, 1.807) is 0 Å². The molecule has 21 heavy (non-hydrogen) atoms. The maximum Gasteiger partial charge on any atom is 0.0449 e. The first-order valence-corrected chi connectivity index (χ1v) is 8.72. The molecule has 0 aliphatic carbocycles. The third-order valence-electron chi connectivity index (χ3n) is 4.07. The van der Waals surface area contributed by atoms with Crippen LogP contribution in [0.1, 0.15) is 63.6 Å². The van der Waals surface area contributed by atoms with Crippen molar-refractivity contribution < 1.29 is 0 Å².